The highest BCUT2D eigenvalue weighted by molar-refractivity contribution is 7.09. The third kappa shape index (κ3) is 3.35. The van der Waals surface area contributed by atoms with Crippen LogP contribution in [0.3, 0.4) is 0 Å². The Bertz CT molecular complexity index is 1370. The second-order valence-electron chi connectivity index (χ2n) is 7.63. The van der Waals surface area contributed by atoms with Gasteiger partial charge in [0.2, 0.25) is 0 Å². The Morgan fingerprint density at radius 3 is 2.50 bits per heavy atom. The summed E-state index contributed by atoms with van der Waals surface area (Å²) in [4.78, 5) is 28.7. The number of carbonyl (C=O) groups excluding carboxylic acids is 2. The van der Waals surface area contributed by atoms with Crippen molar-refractivity contribution in [3.63, 3.8) is 0 Å². The molecule has 0 saturated carbocycles. The van der Waals surface area contributed by atoms with Crippen LogP contribution in [0.4, 0.5) is 0 Å². The molecule has 1 aromatic heterocycles. The molecular weight excluding hydrogens is 422 g/mol. The summed E-state index contributed by atoms with van der Waals surface area (Å²) in [5.41, 5.74) is 1.07. The molecule has 2 heterocycles. The number of carbonyl (C=O) groups is 2. The molecule has 1 amide bonds. The van der Waals surface area contributed by atoms with Crippen LogP contribution in [0.1, 0.15) is 22.0 Å². The van der Waals surface area contributed by atoms with Crippen LogP contribution >= 0.6 is 11.3 Å². The molecule has 0 spiro atoms. The number of aliphatic hydroxyl groups is 1. The van der Waals surface area contributed by atoms with Gasteiger partial charge in [-0.1, -0.05) is 60.7 Å². The molecule has 1 atom stereocenters. The molecule has 1 saturated heterocycles. The van der Waals surface area contributed by atoms with Gasteiger partial charge in [0.05, 0.1) is 18.2 Å². The predicted octanol–water partition coefficient (Wildman–Crippen LogP) is 5.23. The fourth-order valence-corrected chi connectivity index (χ4v) is 4.93. The first-order valence-corrected chi connectivity index (χ1v) is 11.0. The van der Waals surface area contributed by atoms with Crippen LogP contribution < -0.4 is 0 Å². The Balaban J connectivity index is 1.73. The molecule has 0 radical (unpaired) electrons. The first kappa shape index (κ1) is 20.0. The molecule has 2 N–H and O–H groups in total. The molecule has 1 aliphatic heterocycles. The first-order chi connectivity index (χ1) is 15.5. The highest BCUT2D eigenvalue weighted by Crippen LogP contribution is 2.42. The average molecular weight is 442 g/mol. The number of hydrogen-bond donors (Lipinski definition) is 2. The number of Topliss-reactive ketones (excluding diaryl/α,β-unsaturated/α-hetero) is 1. The molecule has 0 bridgehead atoms. The van der Waals surface area contributed by atoms with Crippen molar-refractivity contribution < 1.29 is 19.8 Å². The van der Waals surface area contributed by atoms with Gasteiger partial charge in [-0.15, -0.1) is 11.3 Å². The standard InChI is InChI=1S/C26H19NO4S/c28-18-9-3-8-17(14-18)23-22(25(30)26(31)27(23)15-19-10-5-13-32-19)24(29)21-12-4-7-16-6-1-2-11-20(16)21/h1-14,23,28-29H,15H2/b24-22-. The van der Waals surface area contributed by atoms with Crippen LogP contribution in [0.15, 0.2) is 89.8 Å². The summed E-state index contributed by atoms with van der Waals surface area (Å²) in [5.74, 6) is -1.61. The van der Waals surface area contributed by atoms with Crippen molar-refractivity contribution in [2.75, 3.05) is 0 Å². The van der Waals surface area contributed by atoms with Crippen molar-refractivity contribution in [1.29, 1.82) is 0 Å². The maximum Gasteiger partial charge on any atom is 0.295 e. The predicted molar refractivity (Wildman–Crippen MR) is 124 cm³/mol. The van der Waals surface area contributed by atoms with Gasteiger partial charge in [-0.05, 0) is 39.9 Å². The number of rotatable bonds is 4. The number of benzene rings is 3. The van der Waals surface area contributed by atoms with Crippen molar-refractivity contribution in [3.8, 4) is 5.75 Å². The lowest BCUT2D eigenvalue weighted by Gasteiger charge is -2.25. The normalized spacial score (nSPS) is 17.9. The van der Waals surface area contributed by atoms with E-state index in [0.717, 1.165) is 15.6 Å². The van der Waals surface area contributed by atoms with Crippen molar-refractivity contribution in [1.82, 2.24) is 4.90 Å². The van der Waals surface area contributed by atoms with Crippen LogP contribution in [-0.4, -0.2) is 26.8 Å². The Labute approximate surface area is 188 Å². The van der Waals surface area contributed by atoms with Crippen molar-refractivity contribution in [2.24, 2.45) is 0 Å². The largest absolute Gasteiger partial charge is 0.508 e. The Morgan fingerprint density at radius 2 is 1.72 bits per heavy atom. The van der Waals surface area contributed by atoms with Crippen molar-refractivity contribution >= 4 is 39.6 Å². The van der Waals surface area contributed by atoms with E-state index in [1.54, 1.807) is 18.2 Å². The van der Waals surface area contributed by atoms with Gasteiger partial charge in [0, 0.05) is 10.4 Å². The number of aromatic hydroxyl groups is 1. The number of phenolic OH excluding ortho intramolecular Hbond substituents is 1. The fourth-order valence-electron chi connectivity index (χ4n) is 4.23. The lowest BCUT2D eigenvalue weighted by atomic mass is 9.93. The smallest absolute Gasteiger partial charge is 0.295 e. The number of hydrogen-bond acceptors (Lipinski definition) is 5. The number of fused-ring (bicyclic) bond motifs is 1. The maximum absolute atomic E-state index is 13.2. The monoisotopic (exact) mass is 441 g/mol. The van der Waals surface area contributed by atoms with Gasteiger partial charge >= 0.3 is 0 Å². The van der Waals surface area contributed by atoms with Crippen LogP contribution in [-0.2, 0) is 16.1 Å². The number of amides is 1. The lowest BCUT2D eigenvalue weighted by molar-refractivity contribution is -0.140. The summed E-state index contributed by atoms with van der Waals surface area (Å²) < 4.78 is 0. The third-order valence-electron chi connectivity index (χ3n) is 5.68. The zero-order chi connectivity index (χ0) is 22.2. The van der Waals surface area contributed by atoms with E-state index in [2.05, 4.69) is 0 Å². The van der Waals surface area contributed by atoms with E-state index >= 15 is 0 Å². The Kier molecular flexibility index (Phi) is 4.99. The molecule has 1 unspecified atom stereocenters. The minimum atomic E-state index is -0.817. The molecule has 5 nitrogen and oxygen atoms in total. The number of phenols is 1. The highest BCUT2D eigenvalue weighted by atomic mass is 32.1. The van der Waals surface area contributed by atoms with E-state index in [4.69, 9.17) is 0 Å². The van der Waals surface area contributed by atoms with E-state index in [1.807, 2.05) is 53.9 Å². The Hall–Kier alpha value is -3.90. The summed E-state index contributed by atoms with van der Waals surface area (Å²) in [6.45, 7) is 0.231. The molecule has 3 aromatic carbocycles. The van der Waals surface area contributed by atoms with Gasteiger partial charge in [0.15, 0.2) is 0 Å². The minimum Gasteiger partial charge on any atom is -0.508 e. The Morgan fingerprint density at radius 1 is 0.938 bits per heavy atom. The number of likely N-dealkylation sites (tertiary alicyclic amines) is 1. The molecule has 32 heavy (non-hydrogen) atoms. The summed E-state index contributed by atoms with van der Waals surface area (Å²) in [6.07, 6.45) is 0. The number of ketones is 1. The topological polar surface area (TPSA) is 77.8 Å². The molecule has 6 heteroatoms. The summed E-state index contributed by atoms with van der Waals surface area (Å²) in [6, 6.07) is 22.5. The number of nitrogens with zero attached hydrogens (tertiary/aromatic N) is 1. The fraction of sp³-hybridized carbons (Fsp3) is 0.0769. The summed E-state index contributed by atoms with van der Waals surface area (Å²) >= 11 is 1.49. The molecule has 4 aromatic rings. The molecule has 158 valence electrons. The minimum absolute atomic E-state index is 0.0218. The van der Waals surface area contributed by atoms with Crippen LogP contribution in [0, 0.1) is 0 Å². The summed E-state index contributed by atoms with van der Waals surface area (Å²) in [7, 11) is 0. The number of thiophene rings is 1. The van der Waals surface area contributed by atoms with Gasteiger partial charge in [-0.25, -0.2) is 0 Å². The van der Waals surface area contributed by atoms with E-state index in [-0.39, 0.29) is 23.6 Å². The van der Waals surface area contributed by atoms with E-state index in [9.17, 15) is 19.8 Å². The average Bonchev–Trinajstić information content (AvgIpc) is 3.40. The van der Waals surface area contributed by atoms with Gasteiger partial charge in [-0.3, -0.25) is 9.59 Å². The molecule has 0 aliphatic carbocycles. The van der Waals surface area contributed by atoms with Crippen LogP contribution in [0.25, 0.3) is 16.5 Å². The van der Waals surface area contributed by atoms with E-state index < -0.39 is 17.7 Å². The second-order valence-corrected chi connectivity index (χ2v) is 8.66. The van der Waals surface area contributed by atoms with Crippen LogP contribution in [0.2, 0.25) is 0 Å². The first-order valence-electron chi connectivity index (χ1n) is 10.1. The van der Waals surface area contributed by atoms with Gasteiger partial charge < -0.3 is 15.1 Å². The molecule has 5 rings (SSSR count). The maximum atomic E-state index is 13.2. The lowest BCUT2D eigenvalue weighted by Crippen LogP contribution is -2.28. The van der Waals surface area contributed by atoms with Crippen LogP contribution in [0.5, 0.6) is 5.75 Å². The van der Waals surface area contributed by atoms with Gasteiger partial charge in [0.1, 0.15) is 11.5 Å². The van der Waals surface area contributed by atoms with Gasteiger partial charge in [-0.2, -0.15) is 0 Å². The second kappa shape index (κ2) is 7.98. The summed E-state index contributed by atoms with van der Waals surface area (Å²) in [5, 5.41) is 25.0. The van der Waals surface area contributed by atoms with E-state index in [0.29, 0.717) is 11.1 Å². The zero-order valence-electron chi connectivity index (χ0n) is 16.9. The number of aliphatic hydroxyl groups excluding tert-OH is 1. The van der Waals surface area contributed by atoms with Crippen molar-refractivity contribution in [3.05, 3.63) is 106 Å². The third-order valence-corrected chi connectivity index (χ3v) is 6.54. The van der Waals surface area contributed by atoms with Gasteiger partial charge in [0.25, 0.3) is 11.7 Å². The quantitative estimate of drug-likeness (QED) is 0.258. The van der Waals surface area contributed by atoms with Crippen molar-refractivity contribution in [2.45, 2.75) is 12.6 Å². The molecule has 1 fully saturated rings. The zero-order valence-corrected chi connectivity index (χ0v) is 17.8. The SMILES string of the molecule is O=C1C(=O)N(Cc2cccs2)C(c2cccc(O)c2)/C1=C(/O)c1cccc2ccccc12. The molecule has 1 aliphatic rings. The van der Waals surface area contributed by atoms with E-state index in [1.165, 1.54) is 28.4 Å². The highest BCUT2D eigenvalue weighted by Gasteiger charge is 2.46. The molecular formula is C26H19NO4S.